The molecule has 1 amide bonds. The van der Waals surface area contributed by atoms with Crippen molar-refractivity contribution in [3.05, 3.63) is 30.1 Å². The summed E-state index contributed by atoms with van der Waals surface area (Å²) < 4.78 is 0. The molecule has 0 unspecified atom stereocenters. The molecule has 0 radical (unpaired) electrons. The molecule has 19 heavy (non-hydrogen) atoms. The highest BCUT2D eigenvalue weighted by Crippen LogP contribution is 2.61. The quantitative estimate of drug-likeness (QED) is 0.905. The van der Waals surface area contributed by atoms with Gasteiger partial charge in [0.2, 0.25) is 0 Å². The van der Waals surface area contributed by atoms with Gasteiger partial charge >= 0.3 is 0 Å². The van der Waals surface area contributed by atoms with Gasteiger partial charge in [-0.15, -0.1) is 0 Å². The highest BCUT2D eigenvalue weighted by molar-refractivity contribution is 5.92. The molecule has 1 N–H and O–H groups in total. The fraction of sp³-hybridized carbons (Fsp3) is 0.625. The lowest BCUT2D eigenvalue weighted by Crippen LogP contribution is -2.54. The van der Waals surface area contributed by atoms with Crippen LogP contribution in [0.4, 0.5) is 0 Å². The van der Waals surface area contributed by atoms with E-state index in [9.17, 15) is 4.79 Å². The second-order valence-corrected chi connectivity index (χ2v) is 6.62. The molecule has 3 heteroatoms. The van der Waals surface area contributed by atoms with Crippen molar-refractivity contribution in [1.29, 1.82) is 0 Å². The van der Waals surface area contributed by atoms with Crippen LogP contribution in [-0.2, 0) is 0 Å². The van der Waals surface area contributed by atoms with Crippen molar-refractivity contribution < 1.29 is 4.79 Å². The topological polar surface area (TPSA) is 42.0 Å². The zero-order chi connectivity index (χ0) is 13.5. The largest absolute Gasteiger partial charge is 0.350 e. The second kappa shape index (κ2) is 4.62. The van der Waals surface area contributed by atoms with Crippen molar-refractivity contribution in [2.75, 3.05) is 6.54 Å². The van der Waals surface area contributed by atoms with Crippen molar-refractivity contribution in [2.24, 2.45) is 23.2 Å². The van der Waals surface area contributed by atoms with E-state index in [-0.39, 0.29) is 5.91 Å². The van der Waals surface area contributed by atoms with E-state index in [0.717, 1.165) is 18.4 Å². The number of nitrogens with one attached hydrogen (secondary N) is 1. The first-order chi connectivity index (χ1) is 9.09. The maximum atomic E-state index is 12.0. The average molecular weight is 258 g/mol. The van der Waals surface area contributed by atoms with Gasteiger partial charge < -0.3 is 5.32 Å². The first-order valence-electron chi connectivity index (χ1n) is 7.28. The standard InChI is InChI=1S/C16H22N2O/c1-16(2)12-7-6-11(13(16)9-12)10-18-15(19)14-5-3-4-8-17-14/h3-5,8,11-13H,6-7,9-10H2,1-2H3,(H,18,19)/t11-,12-,13-/m0/s1. The Kier molecular flexibility index (Phi) is 3.08. The number of fused-ring (bicyclic) bond motifs is 2. The van der Waals surface area contributed by atoms with E-state index in [0.29, 0.717) is 17.0 Å². The van der Waals surface area contributed by atoms with Crippen LogP contribution < -0.4 is 5.32 Å². The van der Waals surface area contributed by atoms with Gasteiger partial charge in [-0.2, -0.15) is 0 Å². The monoisotopic (exact) mass is 258 g/mol. The van der Waals surface area contributed by atoms with Crippen molar-refractivity contribution in [2.45, 2.75) is 33.1 Å². The molecule has 3 fully saturated rings. The van der Waals surface area contributed by atoms with Gasteiger partial charge in [0, 0.05) is 12.7 Å². The van der Waals surface area contributed by atoms with Crippen molar-refractivity contribution in [3.63, 3.8) is 0 Å². The highest BCUT2D eigenvalue weighted by atomic mass is 16.1. The predicted octanol–water partition coefficient (Wildman–Crippen LogP) is 2.88. The third-order valence-corrected chi connectivity index (χ3v) is 5.42. The number of aromatic nitrogens is 1. The lowest BCUT2D eigenvalue weighted by molar-refractivity contribution is -0.103. The minimum absolute atomic E-state index is 0.0418. The third kappa shape index (κ3) is 2.15. The van der Waals surface area contributed by atoms with Crippen molar-refractivity contribution in [1.82, 2.24) is 10.3 Å². The summed E-state index contributed by atoms with van der Waals surface area (Å²) in [6, 6.07) is 5.44. The number of rotatable bonds is 3. The first-order valence-corrected chi connectivity index (χ1v) is 7.28. The Hall–Kier alpha value is -1.38. The van der Waals surface area contributed by atoms with Gasteiger partial charge in [0.05, 0.1) is 0 Å². The maximum Gasteiger partial charge on any atom is 0.269 e. The smallest absolute Gasteiger partial charge is 0.269 e. The average Bonchev–Trinajstić information content (AvgIpc) is 2.45. The molecule has 3 aliphatic rings. The number of carbonyl (C=O) groups is 1. The van der Waals surface area contributed by atoms with Gasteiger partial charge in [-0.1, -0.05) is 19.9 Å². The molecule has 3 aliphatic carbocycles. The number of hydrogen-bond acceptors (Lipinski definition) is 2. The molecule has 1 aromatic rings. The van der Waals surface area contributed by atoms with E-state index in [4.69, 9.17) is 0 Å². The molecule has 0 aliphatic heterocycles. The van der Waals surface area contributed by atoms with Gasteiger partial charge in [0.25, 0.3) is 5.91 Å². The summed E-state index contributed by atoms with van der Waals surface area (Å²) in [6.45, 7) is 5.58. The molecule has 2 bridgehead atoms. The van der Waals surface area contributed by atoms with Crippen LogP contribution in [0.3, 0.4) is 0 Å². The number of amides is 1. The van der Waals surface area contributed by atoms with E-state index in [1.165, 1.54) is 19.3 Å². The van der Waals surface area contributed by atoms with Gasteiger partial charge in [-0.25, -0.2) is 0 Å². The molecule has 1 heterocycles. The van der Waals surface area contributed by atoms with Gasteiger partial charge in [0.15, 0.2) is 0 Å². The summed E-state index contributed by atoms with van der Waals surface area (Å²) in [4.78, 5) is 16.1. The number of carbonyl (C=O) groups excluding carboxylic acids is 1. The number of hydrogen-bond donors (Lipinski definition) is 1. The molecule has 3 nitrogen and oxygen atoms in total. The number of pyridine rings is 1. The molecular weight excluding hydrogens is 236 g/mol. The lowest BCUT2D eigenvalue weighted by atomic mass is 9.45. The lowest BCUT2D eigenvalue weighted by Gasteiger charge is -2.60. The Morgan fingerprint density at radius 1 is 1.42 bits per heavy atom. The highest BCUT2D eigenvalue weighted by Gasteiger charge is 2.53. The normalized spacial score (nSPS) is 31.4. The van der Waals surface area contributed by atoms with E-state index >= 15 is 0 Å². The summed E-state index contributed by atoms with van der Waals surface area (Å²) in [5.41, 5.74) is 1.00. The van der Waals surface area contributed by atoms with E-state index in [1.54, 1.807) is 12.3 Å². The van der Waals surface area contributed by atoms with Gasteiger partial charge in [-0.3, -0.25) is 9.78 Å². The Morgan fingerprint density at radius 3 is 2.89 bits per heavy atom. The molecular formula is C16H22N2O. The summed E-state index contributed by atoms with van der Waals surface area (Å²) >= 11 is 0. The molecule has 1 aromatic heterocycles. The molecule has 4 rings (SSSR count). The van der Waals surface area contributed by atoms with Crippen molar-refractivity contribution in [3.8, 4) is 0 Å². The van der Waals surface area contributed by atoms with Crippen LogP contribution in [0.25, 0.3) is 0 Å². The molecule has 0 saturated heterocycles. The Morgan fingerprint density at radius 2 is 2.26 bits per heavy atom. The van der Waals surface area contributed by atoms with Crippen LogP contribution in [-0.4, -0.2) is 17.4 Å². The maximum absolute atomic E-state index is 12.0. The third-order valence-electron chi connectivity index (χ3n) is 5.42. The second-order valence-electron chi connectivity index (χ2n) is 6.62. The molecule has 0 spiro atoms. The van der Waals surface area contributed by atoms with Crippen LogP contribution in [0.1, 0.15) is 43.6 Å². The van der Waals surface area contributed by atoms with E-state index in [2.05, 4.69) is 24.1 Å². The Labute approximate surface area is 114 Å². The predicted molar refractivity (Wildman–Crippen MR) is 74.7 cm³/mol. The summed E-state index contributed by atoms with van der Waals surface area (Å²) in [5.74, 6) is 2.31. The van der Waals surface area contributed by atoms with E-state index in [1.807, 2.05) is 12.1 Å². The molecule has 0 aromatic carbocycles. The van der Waals surface area contributed by atoms with Gasteiger partial charge in [0.1, 0.15) is 5.69 Å². The van der Waals surface area contributed by atoms with Crippen LogP contribution in [0.15, 0.2) is 24.4 Å². The Balaban J connectivity index is 1.57. The van der Waals surface area contributed by atoms with Crippen molar-refractivity contribution >= 4 is 5.91 Å². The Bertz CT molecular complexity index is 467. The summed E-state index contributed by atoms with van der Waals surface area (Å²) in [5, 5.41) is 3.06. The van der Waals surface area contributed by atoms with Crippen LogP contribution >= 0.6 is 0 Å². The SMILES string of the molecule is CC1(C)[C@H]2CC[C@@H](CNC(=O)c3ccccn3)[C@@H]1C2. The molecule has 102 valence electrons. The fourth-order valence-electron chi connectivity index (χ4n) is 4.02. The fourth-order valence-corrected chi connectivity index (χ4v) is 4.02. The molecule has 3 saturated carbocycles. The van der Waals surface area contributed by atoms with Crippen LogP contribution in [0.5, 0.6) is 0 Å². The number of nitrogens with zero attached hydrogens (tertiary/aromatic N) is 1. The van der Waals surface area contributed by atoms with E-state index < -0.39 is 0 Å². The summed E-state index contributed by atoms with van der Waals surface area (Å²) in [6.07, 6.45) is 5.61. The molecule has 3 atom stereocenters. The minimum atomic E-state index is -0.0418. The van der Waals surface area contributed by atoms with Crippen LogP contribution in [0.2, 0.25) is 0 Å². The zero-order valence-electron chi connectivity index (χ0n) is 11.7. The van der Waals surface area contributed by atoms with Gasteiger partial charge in [-0.05, 0) is 54.6 Å². The summed E-state index contributed by atoms with van der Waals surface area (Å²) in [7, 11) is 0. The minimum Gasteiger partial charge on any atom is -0.350 e. The zero-order valence-corrected chi connectivity index (χ0v) is 11.7. The first kappa shape index (κ1) is 12.6. The van der Waals surface area contributed by atoms with Crippen LogP contribution in [0, 0.1) is 23.2 Å².